The van der Waals surface area contributed by atoms with Gasteiger partial charge in [0.05, 0.1) is 5.88 Å². The fourth-order valence-electron chi connectivity index (χ4n) is 4.39. The van der Waals surface area contributed by atoms with E-state index in [1.165, 1.54) is 25.7 Å². The van der Waals surface area contributed by atoms with Gasteiger partial charge in [-0.3, -0.25) is 9.59 Å². The predicted molar refractivity (Wildman–Crippen MR) is 190 cm³/mol. The zero-order chi connectivity index (χ0) is 32.2. The van der Waals surface area contributed by atoms with E-state index in [4.69, 9.17) is 21.1 Å². The number of allylic oxidation sites excluding steroid dienone is 12. The molecule has 0 aromatic rings. The summed E-state index contributed by atoms with van der Waals surface area (Å²) in [6.45, 7) is 4.33. The van der Waals surface area contributed by atoms with Gasteiger partial charge in [0.1, 0.15) is 12.7 Å². The van der Waals surface area contributed by atoms with Crippen LogP contribution in [0.3, 0.4) is 0 Å². The van der Waals surface area contributed by atoms with Crippen molar-refractivity contribution in [3.05, 3.63) is 72.9 Å². The van der Waals surface area contributed by atoms with Crippen LogP contribution in [-0.2, 0) is 19.1 Å². The molecule has 0 aliphatic rings. The summed E-state index contributed by atoms with van der Waals surface area (Å²) in [5.74, 6) is -0.387. The van der Waals surface area contributed by atoms with Crippen molar-refractivity contribution in [3.8, 4) is 0 Å². The van der Waals surface area contributed by atoms with Crippen molar-refractivity contribution < 1.29 is 19.1 Å². The summed E-state index contributed by atoms with van der Waals surface area (Å²) >= 11 is 5.95. The molecule has 0 bridgehead atoms. The summed E-state index contributed by atoms with van der Waals surface area (Å²) in [6.07, 6.45) is 45.9. The molecule has 1 unspecified atom stereocenters. The summed E-state index contributed by atoms with van der Waals surface area (Å²) in [7, 11) is 0. The second kappa shape index (κ2) is 35.2. The molecule has 44 heavy (non-hydrogen) atoms. The van der Waals surface area contributed by atoms with Gasteiger partial charge in [0.25, 0.3) is 0 Å². The lowest BCUT2D eigenvalue weighted by Gasteiger charge is -2.15. The highest BCUT2D eigenvalue weighted by Crippen LogP contribution is 2.11. The Hall–Kier alpha value is -2.33. The van der Waals surface area contributed by atoms with E-state index in [1.54, 1.807) is 0 Å². The van der Waals surface area contributed by atoms with Crippen LogP contribution in [0, 0.1) is 0 Å². The van der Waals surface area contributed by atoms with Crippen molar-refractivity contribution in [3.63, 3.8) is 0 Å². The largest absolute Gasteiger partial charge is 0.462 e. The predicted octanol–water partition coefficient (Wildman–Crippen LogP) is 11.9. The van der Waals surface area contributed by atoms with Gasteiger partial charge >= 0.3 is 11.9 Å². The van der Waals surface area contributed by atoms with Crippen molar-refractivity contribution in [2.24, 2.45) is 0 Å². The zero-order valence-electron chi connectivity index (χ0n) is 28.1. The molecule has 0 N–H and O–H groups in total. The SMILES string of the molecule is CC/C=C/C/C=C/C/C=C/CCCCCCCC(=O)OCC(CCl)OC(=O)CCCCCCC/C=C/C/C=C/C/C=C/CC. The molecule has 0 rings (SSSR count). The van der Waals surface area contributed by atoms with E-state index in [1.807, 2.05) is 0 Å². The molecule has 0 aliphatic carbocycles. The van der Waals surface area contributed by atoms with Crippen LogP contribution in [0.15, 0.2) is 72.9 Å². The van der Waals surface area contributed by atoms with Crippen molar-refractivity contribution >= 4 is 23.5 Å². The van der Waals surface area contributed by atoms with Gasteiger partial charge in [0, 0.05) is 12.8 Å². The molecule has 0 radical (unpaired) electrons. The lowest BCUT2D eigenvalue weighted by Crippen LogP contribution is -2.26. The Morgan fingerprint density at radius 1 is 0.523 bits per heavy atom. The third-order valence-electron chi connectivity index (χ3n) is 6.96. The maximum Gasteiger partial charge on any atom is 0.306 e. The molecule has 0 amide bonds. The van der Waals surface area contributed by atoms with Crippen LogP contribution in [-0.4, -0.2) is 30.5 Å². The standard InChI is InChI=1S/C39H63ClO4/c1-3-5-7-9-11-13-15-17-19-21-23-25-27-29-31-33-38(41)43-36-37(35-40)44-39(42)34-32-30-28-26-24-22-20-18-16-14-12-10-8-6-4-2/h5-8,11-14,17-20,37H,3-4,9-10,15-16,21-36H2,1-2H3/b7-5+,8-6+,13-11+,14-12+,19-17+,20-18+. The topological polar surface area (TPSA) is 52.6 Å². The minimum Gasteiger partial charge on any atom is -0.462 e. The maximum absolute atomic E-state index is 12.2. The molecule has 1 atom stereocenters. The first-order chi connectivity index (χ1) is 21.6. The summed E-state index contributed by atoms with van der Waals surface area (Å²) in [6, 6.07) is 0. The van der Waals surface area contributed by atoms with Crippen molar-refractivity contribution in [2.45, 2.75) is 148 Å². The van der Waals surface area contributed by atoms with Crippen molar-refractivity contribution in [1.82, 2.24) is 0 Å². The first kappa shape index (κ1) is 41.7. The summed E-state index contributed by atoms with van der Waals surface area (Å²) in [5, 5.41) is 0. The normalized spacial score (nSPS) is 13.1. The van der Waals surface area contributed by atoms with Crippen LogP contribution in [0.4, 0.5) is 0 Å². The van der Waals surface area contributed by atoms with Gasteiger partial charge in [-0.2, -0.15) is 0 Å². The van der Waals surface area contributed by atoms with E-state index >= 15 is 0 Å². The van der Waals surface area contributed by atoms with E-state index in [9.17, 15) is 9.59 Å². The number of halogens is 1. The molecule has 0 fully saturated rings. The van der Waals surface area contributed by atoms with E-state index in [0.717, 1.165) is 89.9 Å². The average Bonchev–Trinajstić information content (AvgIpc) is 3.02. The monoisotopic (exact) mass is 630 g/mol. The van der Waals surface area contributed by atoms with E-state index in [2.05, 4.69) is 86.8 Å². The molecule has 250 valence electrons. The Labute approximate surface area is 275 Å². The molecule has 0 spiro atoms. The first-order valence-electron chi connectivity index (χ1n) is 17.4. The van der Waals surface area contributed by atoms with Gasteiger partial charge in [-0.05, 0) is 77.0 Å². The van der Waals surface area contributed by atoms with Crippen LogP contribution in [0.1, 0.15) is 142 Å². The first-order valence-corrected chi connectivity index (χ1v) is 18.0. The number of hydrogen-bond acceptors (Lipinski definition) is 4. The Morgan fingerprint density at radius 3 is 1.36 bits per heavy atom. The number of carbonyl (C=O) groups is 2. The fourth-order valence-corrected chi connectivity index (χ4v) is 4.54. The Kier molecular flexibility index (Phi) is 33.3. The number of unbranched alkanes of at least 4 members (excludes halogenated alkanes) is 10. The summed E-state index contributed by atoms with van der Waals surface area (Å²) in [4.78, 5) is 24.2. The Balaban J connectivity index is 3.67. The van der Waals surface area contributed by atoms with Crippen LogP contribution in [0.2, 0.25) is 0 Å². The van der Waals surface area contributed by atoms with Gasteiger partial charge in [0.15, 0.2) is 0 Å². The molecule has 0 saturated heterocycles. The Bertz CT molecular complexity index is 837. The third-order valence-corrected chi connectivity index (χ3v) is 7.31. The second-order valence-electron chi connectivity index (χ2n) is 11.1. The van der Waals surface area contributed by atoms with Crippen LogP contribution >= 0.6 is 11.6 Å². The zero-order valence-corrected chi connectivity index (χ0v) is 28.8. The van der Waals surface area contributed by atoms with Gasteiger partial charge in [0.2, 0.25) is 0 Å². The highest BCUT2D eigenvalue weighted by Gasteiger charge is 2.16. The van der Waals surface area contributed by atoms with Crippen LogP contribution in [0.25, 0.3) is 0 Å². The fraction of sp³-hybridized carbons (Fsp3) is 0.641. The number of rotatable bonds is 30. The second-order valence-corrected chi connectivity index (χ2v) is 11.5. The quantitative estimate of drug-likeness (QED) is 0.0343. The summed E-state index contributed by atoms with van der Waals surface area (Å²) in [5.41, 5.74) is 0. The lowest BCUT2D eigenvalue weighted by atomic mass is 10.1. The van der Waals surface area contributed by atoms with Gasteiger partial charge < -0.3 is 9.47 Å². The smallest absolute Gasteiger partial charge is 0.306 e. The van der Waals surface area contributed by atoms with E-state index in [0.29, 0.717) is 12.8 Å². The molecule has 4 nitrogen and oxygen atoms in total. The molecule has 0 aromatic carbocycles. The number of ether oxygens (including phenoxy) is 2. The minimum atomic E-state index is -0.580. The highest BCUT2D eigenvalue weighted by atomic mass is 35.5. The van der Waals surface area contributed by atoms with Crippen molar-refractivity contribution in [2.75, 3.05) is 12.5 Å². The maximum atomic E-state index is 12.2. The van der Waals surface area contributed by atoms with E-state index < -0.39 is 6.10 Å². The summed E-state index contributed by atoms with van der Waals surface area (Å²) < 4.78 is 10.7. The number of hydrogen-bond donors (Lipinski definition) is 0. The van der Waals surface area contributed by atoms with E-state index in [-0.39, 0.29) is 24.4 Å². The average molecular weight is 631 g/mol. The van der Waals surface area contributed by atoms with Gasteiger partial charge in [-0.25, -0.2) is 0 Å². The molecular weight excluding hydrogens is 568 g/mol. The molecular formula is C39H63ClO4. The van der Waals surface area contributed by atoms with Gasteiger partial charge in [-0.1, -0.05) is 125 Å². The lowest BCUT2D eigenvalue weighted by molar-refractivity contribution is -0.157. The molecule has 0 saturated carbocycles. The van der Waals surface area contributed by atoms with Crippen molar-refractivity contribution in [1.29, 1.82) is 0 Å². The van der Waals surface area contributed by atoms with Crippen LogP contribution < -0.4 is 0 Å². The Morgan fingerprint density at radius 2 is 0.909 bits per heavy atom. The van der Waals surface area contributed by atoms with Gasteiger partial charge in [-0.15, -0.1) is 11.6 Å². The molecule has 5 heteroatoms. The molecule has 0 aromatic heterocycles. The number of alkyl halides is 1. The van der Waals surface area contributed by atoms with Crippen LogP contribution in [0.5, 0.6) is 0 Å². The minimum absolute atomic E-state index is 0.0320. The number of carbonyl (C=O) groups excluding carboxylic acids is 2. The number of esters is 2. The molecule has 0 heterocycles. The third kappa shape index (κ3) is 32.6. The highest BCUT2D eigenvalue weighted by molar-refractivity contribution is 6.18. The molecule has 0 aliphatic heterocycles.